The largest absolute Gasteiger partial charge is 0.374 e. The summed E-state index contributed by atoms with van der Waals surface area (Å²) in [6.07, 6.45) is 13.1. The minimum atomic E-state index is -0.0665. The molecule has 3 aliphatic carbocycles. The topological polar surface area (TPSA) is 131 Å². The van der Waals surface area contributed by atoms with Crippen molar-refractivity contribution in [2.45, 2.75) is 128 Å². The lowest BCUT2D eigenvalue weighted by Gasteiger charge is -2.42. The van der Waals surface area contributed by atoms with Gasteiger partial charge in [0.1, 0.15) is 0 Å². The molecule has 10 heteroatoms. The minimum Gasteiger partial charge on any atom is -0.374 e. The van der Waals surface area contributed by atoms with E-state index in [0.717, 1.165) is 110 Å². The van der Waals surface area contributed by atoms with Gasteiger partial charge in [0.25, 0.3) is 0 Å². The molecule has 0 aromatic rings. The highest BCUT2D eigenvalue weighted by Crippen LogP contribution is 2.38. The van der Waals surface area contributed by atoms with E-state index in [0.29, 0.717) is 17.8 Å². The summed E-state index contributed by atoms with van der Waals surface area (Å²) in [5.41, 5.74) is 0.107. The average Bonchev–Trinajstić information content (AvgIpc) is 2.98. The van der Waals surface area contributed by atoms with Crippen LogP contribution in [0.5, 0.6) is 0 Å². The highest BCUT2D eigenvalue weighted by molar-refractivity contribution is 5.85. The van der Waals surface area contributed by atoms with Crippen LogP contribution in [0.4, 0.5) is 9.59 Å². The van der Waals surface area contributed by atoms with Crippen LogP contribution >= 0.6 is 0 Å². The van der Waals surface area contributed by atoms with Gasteiger partial charge in [-0.2, -0.15) is 0 Å². The van der Waals surface area contributed by atoms with E-state index in [2.05, 4.69) is 62.7 Å². The Kier molecular flexibility index (Phi) is 10.5. The van der Waals surface area contributed by atoms with Crippen LogP contribution in [0.3, 0.4) is 0 Å². The van der Waals surface area contributed by atoms with E-state index in [-0.39, 0.29) is 41.6 Å². The molecule has 42 heavy (non-hydrogen) atoms. The van der Waals surface area contributed by atoms with E-state index in [1.165, 1.54) is 11.7 Å². The van der Waals surface area contributed by atoms with Crippen molar-refractivity contribution >= 4 is 23.7 Å². The molecule has 2 heterocycles. The van der Waals surface area contributed by atoms with Crippen molar-refractivity contribution in [2.24, 2.45) is 33.2 Å². The van der Waals surface area contributed by atoms with Crippen LogP contribution in [0, 0.1) is 23.2 Å². The molecule has 0 aromatic heterocycles. The first-order valence-electron chi connectivity index (χ1n) is 16.9. The molecular formula is C32H56N8O2. The Labute approximate surface area is 252 Å². The maximum absolute atomic E-state index is 13.1. The standard InChI is InChI=1S/C32H56N8O2/c1-32(2,3)23-18-26(39-30(41)37-24-10-6-21(7-11-24)28-33-14-4-15-34-28)20-27(19-23)40-31(42)38-25-12-8-22(9-13-25)29-35-16-5-17-36-29/h21-27H,4-20H2,1-3H3,(H,33,34)(H,35,36)(H2,37,39,41)(H2,38,40,42). The Hall–Kier alpha value is -2.52. The van der Waals surface area contributed by atoms with Gasteiger partial charge >= 0.3 is 12.1 Å². The second kappa shape index (κ2) is 14.3. The maximum Gasteiger partial charge on any atom is 0.315 e. The van der Waals surface area contributed by atoms with Crippen LogP contribution in [0.1, 0.15) is 104 Å². The molecule has 3 fully saturated rings. The normalized spacial score (nSPS) is 34.0. The molecule has 10 nitrogen and oxygen atoms in total. The number of hydrogen-bond acceptors (Lipinski definition) is 6. The van der Waals surface area contributed by atoms with Crippen molar-refractivity contribution in [2.75, 3.05) is 26.2 Å². The lowest BCUT2D eigenvalue weighted by Crippen LogP contribution is -2.55. The van der Waals surface area contributed by atoms with E-state index in [4.69, 9.17) is 0 Å². The summed E-state index contributed by atoms with van der Waals surface area (Å²) in [4.78, 5) is 35.5. The van der Waals surface area contributed by atoms with Gasteiger partial charge in [-0.1, -0.05) is 20.8 Å². The van der Waals surface area contributed by atoms with Crippen LogP contribution in [-0.4, -0.2) is 74.1 Å². The zero-order valence-electron chi connectivity index (χ0n) is 26.3. The van der Waals surface area contributed by atoms with Gasteiger partial charge in [-0.25, -0.2) is 9.59 Å². The molecule has 4 amide bonds. The summed E-state index contributed by atoms with van der Waals surface area (Å²) in [7, 11) is 0. The quantitative estimate of drug-likeness (QED) is 0.281. The van der Waals surface area contributed by atoms with Crippen LogP contribution < -0.4 is 31.9 Å². The number of nitrogens with one attached hydrogen (secondary N) is 6. The number of urea groups is 2. The van der Waals surface area contributed by atoms with E-state index < -0.39 is 0 Å². The molecule has 5 rings (SSSR count). The van der Waals surface area contributed by atoms with Crippen LogP contribution in [0.2, 0.25) is 0 Å². The van der Waals surface area contributed by atoms with Gasteiger partial charge in [0.2, 0.25) is 0 Å². The number of carbonyl (C=O) groups is 2. The summed E-state index contributed by atoms with van der Waals surface area (Å²) in [5.74, 6) is 3.80. The van der Waals surface area contributed by atoms with Gasteiger partial charge in [0.05, 0.1) is 11.7 Å². The highest BCUT2D eigenvalue weighted by Gasteiger charge is 2.37. The molecule has 0 aromatic carbocycles. The van der Waals surface area contributed by atoms with E-state index in [1.54, 1.807) is 0 Å². The molecular weight excluding hydrogens is 528 g/mol. The summed E-state index contributed by atoms with van der Waals surface area (Å²) in [5, 5.41) is 20.0. The molecule has 0 bridgehead atoms. The molecule has 0 radical (unpaired) electrons. The molecule has 2 unspecified atom stereocenters. The number of hydrogen-bond donors (Lipinski definition) is 6. The lowest BCUT2D eigenvalue weighted by atomic mass is 9.69. The van der Waals surface area contributed by atoms with Crippen LogP contribution in [-0.2, 0) is 0 Å². The molecule has 6 N–H and O–H groups in total. The van der Waals surface area contributed by atoms with Crippen molar-refractivity contribution < 1.29 is 9.59 Å². The predicted molar refractivity (Wildman–Crippen MR) is 169 cm³/mol. The Morgan fingerprint density at radius 3 is 1.38 bits per heavy atom. The van der Waals surface area contributed by atoms with Gasteiger partial charge < -0.3 is 31.9 Å². The molecule has 3 saturated carbocycles. The fourth-order valence-corrected chi connectivity index (χ4v) is 7.76. The zero-order chi connectivity index (χ0) is 29.5. The first kappa shape index (κ1) is 30.9. The Bertz CT molecular complexity index is 905. The molecule has 5 aliphatic rings. The minimum absolute atomic E-state index is 0.0459. The number of rotatable bonds is 6. The Morgan fingerprint density at radius 1 is 0.619 bits per heavy atom. The second-order valence-electron chi connectivity index (χ2n) is 14.6. The third kappa shape index (κ3) is 8.75. The first-order valence-corrected chi connectivity index (χ1v) is 16.9. The smallest absolute Gasteiger partial charge is 0.315 e. The highest BCUT2D eigenvalue weighted by atomic mass is 16.2. The van der Waals surface area contributed by atoms with Gasteiger partial charge in [0.15, 0.2) is 0 Å². The molecule has 0 saturated heterocycles. The Balaban J connectivity index is 1.06. The van der Waals surface area contributed by atoms with Crippen molar-refractivity contribution in [1.82, 2.24) is 31.9 Å². The van der Waals surface area contributed by atoms with Crippen molar-refractivity contribution in [3.8, 4) is 0 Å². The van der Waals surface area contributed by atoms with E-state index in [1.807, 2.05) is 0 Å². The van der Waals surface area contributed by atoms with Crippen LogP contribution in [0.15, 0.2) is 9.98 Å². The van der Waals surface area contributed by atoms with Crippen molar-refractivity contribution in [3.63, 3.8) is 0 Å². The second-order valence-corrected chi connectivity index (χ2v) is 14.6. The SMILES string of the molecule is CC(C)(C)C1CC(NC(=O)NC2CCC(C3=NCCCN3)CC2)CC(NC(=O)NC2CCC(C3=NCCCN3)CC2)C1. The van der Waals surface area contributed by atoms with Crippen LogP contribution in [0.25, 0.3) is 0 Å². The van der Waals surface area contributed by atoms with Crippen molar-refractivity contribution in [3.05, 3.63) is 0 Å². The fraction of sp³-hybridized carbons (Fsp3) is 0.875. The zero-order valence-corrected chi connectivity index (χ0v) is 26.3. The molecule has 2 aliphatic heterocycles. The summed E-state index contributed by atoms with van der Waals surface area (Å²) < 4.78 is 0. The summed E-state index contributed by atoms with van der Waals surface area (Å²) in [6.45, 7) is 10.7. The van der Waals surface area contributed by atoms with E-state index >= 15 is 0 Å². The first-order chi connectivity index (χ1) is 20.2. The Morgan fingerprint density at radius 2 is 1.02 bits per heavy atom. The number of aliphatic imine (C=N–C) groups is 2. The van der Waals surface area contributed by atoms with Gasteiger partial charge in [-0.15, -0.1) is 0 Å². The number of amidine groups is 2. The van der Waals surface area contributed by atoms with Gasteiger partial charge in [0, 0.05) is 62.2 Å². The number of nitrogens with zero attached hydrogens (tertiary/aromatic N) is 2. The third-order valence-electron chi connectivity index (χ3n) is 10.3. The van der Waals surface area contributed by atoms with E-state index in [9.17, 15) is 9.59 Å². The molecule has 2 atom stereocenters. The average molecular weight is 585 g/mol. The van der Waals surface area contributed by atoms with Crippen molar-refractivity contribution in [1.29, 1.82) is 0 Å². The predicted octanol–water partition coefficient (Wildman–Crippen LogP) is 4.07. The summed E-state index contributed by atoms with van der Waals surface area (Å²) in [6, 6.07) is 0.381. The summed E-state index contributed by atoms with van der Waals surface area (Å²) >= 11 is 0. The third-order valence-corrected chi connectivity index (χ3v) is 10.3. The molecule has 0 spiro atoms. The van der Waals surface area contributed by atoms with Gasteiger partial charge in [-0.05, 0) is 94.8 Å². The lowest BCUT2D eigenvalue weighted by molar-refractivity contribution is 0.130. The molecule has 236 valence electrons. The number of carbonyl (C=O) groups excluding carboxylic acids is 2. The number of amides is 4. The van der Waals surface area contributed by atoms with Gasteiger partial charge in [-0.3, -0.25) is 9.98 Å². The maximum atomic E-state index is 13.1. The monoisotopic (exact) mass is 584 g/mol. The fourth-order valence-electron chi connectivity index (χ4n) is 7.76.